The molecule has 35 heavy (non-hydrogen) atoms. The smallest absolute Gasteiger partial charge is 0.236 e. The van der Waals surface area contributed by atoms with Crippen molar-refractivity contribution >= 4 is 49.6 Å². The minimum Gasteiger partial charge on any atom is -0.508 e. The lowest BCUT2D eigenvalue weighted by Crippen LogP contribution is -2.41. The number of benzene rings is 2. The van der Waals surface area contributed by atoms with Crippen LogP contribution in [0.2, 0.25) is 0 Å². The minimum absolute atomic E-state index is 0.0258. The summed E-state index contributed by atoms with van der Waals surface area (Å²) in [5, 5.41) is 12.4. The average molecular weight is 522 g/mol. The second kappa shape index (κ2) is 10.8. The highest BCUT2D eigenvalue weighted by molar-refractivity contribution is 7.93. The molecule has 1 atom stereocenters. The zero-order chi connectivity index (χ0) is 25.0. The van der Waals surface area contributed by atoms with Crippen molar-refractivity contribution in [1.82, 2.24) is 14.3 Å². The summed E-state index contributed by atoms with van der Waals surface area (Å²) in [7, 11) is -2.28. The predicted molar refractivity (Wildman–Crippen MR) is 134 cm³/mol. The van der Waals surface area contributed by atoms with Gasteiger partial charge in [0.15, 0.2) is 11.6 Å². The Morgan fingerprint density at radius 3 is 2.40 bits per heavy atom. The van der Waals surface area contributed by atoms with E-state index in [4.69, 9.17) is 4.74 Å². The van der Waals surface area contributed by atoms with Gasteiger partial charge in [-0.3, -0.25) is 9.27 Å². The molecule has 0 radical (unpaired) electrons. The first kappa shape index (κ1) is 25.3. The number of aromatic hydroxyl groups is 1. The number of anilines is 3. The Kier molecular flexibility index (Phi) is 7.82. The number of phenols is 1. The van der Waals surface area contributed by atoms with E-state index in [1.807, 2.05) is 6.07 Å². The molecule has 0 saturated carbocycles. The monoisotopic (exact) mass is 521 g/mol. The van der Waals surface area contributed by atoms with Gasteiger partial charge in [0.1, 0.15) is 5.75 Å². The standard InChI is InChI=1S/C22H27N5O6S2/c1-33-13-10-15-6-7-16(28)14-20(15)25-21-22(24-19-5-3-2-4-18(19)23-21)26-35(31,32)17-8-11-27(12-9-17)34(29)30/h2-7,14,17,28H,8-13H2,1H3,(H,23,25)(H,24,26)(H,29,30). The van der Waals surface area contributed by atoms with Gasteiger partial charge < -0.3 is 15.2 Å². The molecule has 1 saturated heterocycles. The second-order valence-corrected chi connectivity index (χ2v) is 11.1. The van der Waals surface area contributed by atoms with Crippen molar-refractivity contribution in [1.29, 1.82) is 0 Å². The van der Waals surface area contributed by atoms with Crippen molar-refractivity contribution < 1.29 is 27.0 Å². The number of aromatic nitrogens is 2. The maximum Gasteiger partial charge on any atom is 0.236 e. The largest absolute Gasteiger partial charge is 0.508 e. The molecule has 1 aliphatic rings. The third-order valence-corrected chi connectivity index (χ3v) is 8.43. The number of rotatable bonds is 9. The molecule has 3 aromatic rings. The van der Waals surface area contributed by atoms with E-state index in [-0.39, 0.29) is 43.3 Å². The van der Waals surface area contributed by atoms with Crippen LogP contribution in [-0.2, 0) is 32.4 Å². The van der Waals surface area contributed by atoms with Gasteiger partial charge >= 0.3 is 0 Å². The first-order chi connectivity index (χ1) is 16.8. The lowest BCUT2D eigenvalue weighted by atomic mass is 10.1. The summed E-state index contributed by atoms with van der Waals surface area (Å²) >= 11 is -2.12. The van der Waals surface area contributed by atoms with E-state index in [0.29, 0.717) is 29.7 Å². The number of nitrogens with zero attached hydrogens (tertiary/aromatic N) is 3. The normalized spacial score (nSPS) is 16.3. The molecule has 13 heteroatoms. The number of hydrogen-bond donors (Lipinski definition) is 4. The van der Waals surface area contributed by atoms with Crippen molar-refractivity contribution in [2.24, 2.45) is 0 Å². The van der Waals surface area contributed by atoms with Crippen LogP contribution in [-0.4, -0.2) is 68.6 Å². The van der Waals surface area contributed by atoms with Crippen molar-refractivity contribution in [3.8, 4) is 5.75 Å². The molecular formula is C22H27N5O6S2. The van der Waals surface area contributed by atoms with E-state index < -0.39 is 26.5 Å². The number of hydrogen-bond acceptors (Lipinski definition) is 8. The number of methoxy groups -OCH3 is 1. The lowest BCUT2D eigenvalue weighted by molar-refractivity contribution is 0.202. The molecule has 4 N–H and O–H groups in total. The Balaban J connectivity index is 1.67. The van der Waals surface area contributed by atoms with Crippen LogP contribution in [0.3, 0.4) is 0 Å². The fourth-order valence-corrected chi connectivity index (χ4v) is 5.85. The summed E-state index contributed by atoms with van der Waals surface area (Å²) in [5.41, 5.74) is 2.47. The van der Waals surface area contributed by atoms with Crippen molar-refractivity contribution in [3.63, 3.8) is 0 Å². The second-order valence-electron chi connectivity index (χ2n) is 8.12. The van der Waals surface area contributed by atoms with E-state index in [2.05, 4.69) is 20.0 Å². The maximum absolute atomic E-state index is 13.2. The van der Waals surface area contributed by atoms with Crippen LogP contribution in [0.4, 0.5) is 17.3 Å². The Hall–Kier alpha value is -2.84. The summed E-state index contributed by atoms with van der Waals surface area (Å²) in [6, 6.07) is 12.0. The van der Waals surface area contributed by atoms with E-state index in [0.717, 1.165) is 5.56 Å². The Morgan fingerprint density at radius 1 is 1.11 bits per heavy atom. The number of nitrogens with one attached hydrogen (secondary N) is 2. The van der Waals surface area contributed by atoms with Crippen LogP contribution < -0.4 is 10.0 Å². The molecule has 2 heterocycles. The third kappa shape index (κ3) is 6.05. The number of ether oxygens (including phenoxy) is 1. The van der Waals surface area contributed by atoms with Crippen LogP contribution >= 0.6 is 0 Å². The molecule has 0 bridgehead atoms. The molecule has 2 aromatic carbocycles. The molecule has 4 rings (SSSR count). The Labute approximate surface area is 206 Å². The topological polar surface area (TPSA) is 154 Å². The SMILES string of the molecule is COCCc1ccc(O)cc1Nc1nc2ccccc2nc1NS(=O)(=O)C1CCN(S(=O)O)CC1. The van der Waals surface area contributed by atoms with E-state index in [1.165, 1.54) is 10.4 Å². The van der Waals surface area contributed by atoms with Crippen LogP contribution in [0.1, 0.15) is 18.4 Å². The lowest BCUT2D eigenvalue weighted by Gasteiger charge is -2.28. The van der Waals surface area contributed by atoms with Crippen molar-refractivity contribution in [2.75, 3.05) is 36.8 Å². The predicted octanol–water partition coefficient (Wildman–Crippen LogP) is 2.61. The van der Waals surface area contributed by atoms with Crippen LogP contribution in [0.25, 0.3) is 11.0 Å². The zero-order valence-corrected chi connectivity index (χ0v) is 20.7. The van der Waals surface area contributed by atoms with Crippen molar-refractivity contribution in [3.05, 3.63) is 48.0 Å². The van der Waals surface area contributed by atoms with Gasteiger partial charge in [-0.15, -0.1) is 0 Å². The summed E-state index contributed by atoms with van der Waals surface area (Å²) in [5.74, 6) is 0.251. The fourth-order valence-electron chi connectivity index (χ4n) is 3.91. The van der Waals surface area contributed by atoms with Gasteiger partial charge in [0.2, 0.25) is 21.3 Å². The molecule has 1 unspecified atom stereocenters. The first-order valence-corrected chi connectivity index (χ1v) is 13.6. The molecule has 1 aromatic heterocycles. The summed E-state index contributed by atoms with van der Waals surface area (Å²) in [4.78, 5) is 9.10. The number of phenolic OH excluding ortho intramolecular Hbond substituents is 1. The molecular weight excluding hydrogens is 494 g/mol. The van der Waals surface area contributed by atoms with Gasteiger partial charge in [0, 0.05) is 32.0 Å². The van der Waals surface area contributed by atoms with Gasteiger partial charge in [-0.2, -0.15) is 0 Å². The molecule has 188 valence electrons. The molecule has 1 aliphatic heterocycles. The molecule has 1 fully saturated rings. The van der Waals surface area contributed by atoms with E-state index >= 15 is 0 Å². The van der Waals surface area contributed by atoms with Gasteiger partial charge in [-0.1, -0.05) is 18.2 Å². The van der Waals surface area contributed by atoms with Gasteiger partial charge in [0.25, 0.3) is 0 Å². The third-order valence-electron chi connectivity index (χ3n) is 5.79. The quantitative estimate of drug-likeness (QED) is 0.311. The van der Waals surface area contributed by atoms with Gasteiger partial charge in [0.05, 0.1) is 22.9 Å². The number of para-hydroxylation sites is 2. The Morgan fingerprint density at radius 2 is 1.77 bits per heavy atom. The van der Waals surface area contributed by atoms with Crippen molar-refractivity contribution in [2.45, 2.75) is 24.5 Å². The zero-order valence-electron chi connectivity index (χ0n) is 19.0. The summed E-state index contributed by atoms with van der Waals surface area (Å²) in [6.45, 7) is 0.838. The fraction of sp³-hybridized carbons (Fsp3) is 0.364. The van der Waals surface area contributed by atoms with E-state index in [1.54, 1.807) is 37.4 Å². The number of piperidine rings is 1. The van der Waals surface area contributed by atoms with Crippen LogP contribution in [0.15, 0.2) is 42.5 Å². The molecule has 0 amide bonds. The number of fused-ring (bicyclic) bond motifs is 1. The highest BCUT2D eigenvalue weighted by Gasteiger charge is 2.32. The molecule has 0 spiro atoms. The average Bonchev–Trinajstić information content (AvgIpc) is 2.84. The molecule has 11 nitrogen and oxygen atoms in total. The molecule has 0 aliphatic carbocycles. The van der Waals surface area contributed by atoms with Crippen LogP contribution in [0, 0.1) is 0 Å². The maximum atomic E-state index is 13.2. The van der Waals surface area contributed by atoms with E-state index in [9.17, 15) is 22.3 Å². The highest BCUT2D eigenvalue weighted by atomic mass is 32.2. The summed E-state index contributed by atoms with van der Waals surface area (Å²) < 4.78 is 56.0. The van der Waals surface area contributed by atoms with Crippen LogP contribution in [0.5, 0.6) is 5.75 Å². The van der Waals surface area contributed by atoms with Gasteiger partial charge in [-0.05, 0) is 43.0 Å². The number of sulfonamides is 1. The Bertz CT molecular complexity index is 1330. The summed E-state index contributed by atoms with van der Waals surface area (Å²) in [6.07, 6.45) is 0.976. The van der Waals surface area contributed by atoms with Gasteiger partial charge in [-0.25, -0.2) is 26.9 Å². The first-order valence-electron chi connectivity index (χ1n) is 11.0. The minimum atomic E-state index is -3.87. The highest BCUT2D eigenvalue weighted by Crippen LogP contribution is 2.31.